The van der Waals surface area contributed by atoms with E-state index in [1.54, 1.807) is 37.3 Å². The third-order valence-corrected chi connectivity index (χ3v) is 6.43. The maximum atomic E-state index is 13.5. The summed E-state index contributed by atoms with van der Waals surface area (Å²) in [5.74, 6) is -0.517. The lowest BCUT2D eigenvalue weighted by atomic mass is 10.0. The quantitative estimate of drug-likeness (QED) is 0.684. The largest absolute Gasteiger partial charge is 0.491 e. The Morgan fingerprint density at radius 2 is 1.97 bits per heavy atom. The van der Waals surface area contributed by atoms with Crippen molar-refractivity contribution in [3.05, 3.63) is 59.4 Å². The van der Waals surface area contributed by atoms with E-state index >= 15 is 0 Å². The number of nitrogens with one attached hydrogen (secondary N) is 1. The number of hydrogen-bond donors (Lipinski definition) is 1. The Hall–Kier alpha value is -2.97. The maximum Gasteiger partial charge on any atom is 0.257 e. The number of nitrogens with zero attached hydrogens (tertiary/aromatic N) is 2. The van der Waals surface area contributed by atoms with Crippen molar-refractivity contribution in [1.29, 1.82) is 0 Å². The average Bonchev–Trinajstić information content (AvgIpc) is 2.84. The Morgan fingerprint density at radius 1 is 1.20 bits per heavy atom. The number of anilines is 1. The molecule has 1 aliphatic rings. The third kappa shape index (κ3) is 6.80. The van der Waals surface area contributed by atoms with Crippen LogP contribution in [-0.2, 0) is 4.74 Å². The van der Waals surface area contributed by atoms with Gasteiger partial charge >= 0.3 is 0 Å². The molecule has 0 fully saturated rings. The van der Waals surface area contributed by atoms with Crippen LogP contribution in [0.15, 0.2) is 42.5 Å². The summed E-state index contributed by atoms with van der Waals surface area (Å²) in [4.78, 5) is 30.1. The second kappa shape index (κ2) is 12.1. The number of halogens is 1. The molecule has 2 aromatic carbocycles. The van der Waals surface area contributed by atoms with E-state index in [1.165, 1.54) is 24.3 Å². The van der Waals surface area contributed by atoms with Crippen LogP contribution >= 0.6 is 0 Å². The van der Waals surface area contributed by atoms with Crippen molar-refractivity contribution < 1.29 is 23.5 Å². The molecule has 190 valence electrons. The number of fused-ring (bicyclic) bond motifs is 1. The molecular formula is C27H36FN3O4. The molecule has 2 aromatic rings. The third-order valence-electron chi connectivity index (χ3n) is 6.43. The molecule has 1 heterocycles. The lowest BCUT2D eigenvalue weighted by Gasteiger charge is -2.35. The van der Waals surface area contributed by atoms with Crippen molar-refractivity contribution >= 4 is 17.5 Å². The zero-order valence-corrected chi connectivity index (χ0v) is 21.2. The Labute approximate surface area is 207 Å². The molecule has 0 spiro atoms. The Morgan fingerprint density at radius 3 is 2.66 bits per heavy atom. The van der Waals surface area contributed by atoms with E-state index in [4.69, 9.17) is 9.47 Å². The van der Waals surface area contributed by atoms with Crippen LogP contribution in [0, 0.1) is 11.7 Å². The van der Waals surface area contributed by atoms with Gasteiger partial charge in [-0.2, -0.15) is 0 Å². The Kier molecular flexibility index (Phi) is 9.23. The maximum absolute atomic E-state index is 13.5. The second-order valence-electron chi connectivity index (χ2n) is 9.27. The van der Waals surface area contributed by atoms with Gasteiger partial charge in [-0.3, -0.25) is 14.5 Å². The molecule has 1 N–H and O–H groups in total. The number of hydrogen-bond acceptors (Lipinski definition) is 5. The van der Waals surface area contributed by atoms with E-state index in [2.05, 4.69) is 31.0 Å². The topological polar surface area (TPSA) is 71.1 Å². The van der Waals surface area contributed by atoms with Crippen LogP contribution in [0.1, 0.15) is 47.9 Å². The number of carbonyl (C=O) groups is 2. The van der Waals surface area contributed by atoms with Crippen molar-refractivity contribution in [2.24, 2.45) is 5.92 Å². The van der Waals surface area contributed by atoms with Crippen LogP contribution in [-0.4, -0.2) is 74.2 Å². The highest BCUT2D eigenvalue weighted by Gasteiger charge is 2.28. The van der Waals surface area contributed by atoms with Crippen molar-refractivity contribution in [2.75, 3.05) is 45.7 Å². The summed E-state index contributed by atoms with van der Waals surface area (Å²) in [6, 6.07) is 10.6. The summed E-state index contributed by atoms with van der Waals surface area (Å²) in [6.45, 7) is 9.05. The molecule has 3 rings (SSSR count). The number of ether oxygens (including phenoxy) is 2. The first-order chi connectivity index (χ1) is 16.7. The highest BCUT2D eigenvalue weighted by molar-refractivity contribution is 6.05. The van der Waals surface area contributed by atoms with Gasteiger partial charge in [-0.15, -0.1) is 0 Å². The average molecular weight is 486 g/mol. The SMILES string of the molecule is CCCN1C[C@@H](C)[C@H](OC)CN(C)C(=O)c2cc(NC(=O)c3cccc(F)c3)ccc2OC[C@@H]1C. The molecule has 2 amide bonds. The fourth-order valence-electron chi connectivity index (χ4n) is 4.36. The van der Waals surface area contributed by atoms with Crippen molar-refractivity contribution in [2.45, 2.75) is 39.3 Å². The number of methoxy groups -OCH3 is 1. The summed E-state index contributed by atoms with van der Waals surface area (Å²) < 4.78 is 25.4. The van der Waals surface area contributed by atoms with Crippen molar-refractivity contribution in [1.82, 2.24) is 9.80 Å². The van der Waals surface area contributed by atoms with E-state index in [0.29, 0.717) is 30.2 Å². The van der Waals surface area contributed by atoms with E-state index < -0.39 is 11.7 Å². The molecule has 3 atom stereocenters. The minimum atomic E-state index is -0.492. The van der Waals surface area contributed by atoms with Gasteiger partial charge in [-0.1, -0.05) is 19.9 Å². The van der Waals surface area contributed by atoms with Crippen LogP contribution in [0.2, 0.25) is 0 Å². The summed E-state index contributed by atoms with van der Waals surface area (Å²) in [6.07, 6.45) is 0.896. The van der Waals surface area contributed by atoms with Gasteiger partial charge in [0, 0.05) is 44.5 Å². The molecular weight excluding hydrogens is 449 g/mol. The molecule has 0 aliphatic carbocycles. The van der Waals surface area contributed by atoms with E-state index in [0.717, 1.165) is 19.5 Å². The monoisotopic (exact) mass is 485 g/mol. The zero-order valence-electron chi connectivity index (χ0n) is 21.2. The zero-order chi connectivity index (χ0) is 25.5. The molecule has 0 unspecified atom stereocenters. The van der Waals surface area contributed by atoms with Crippen LogP contribution in [0.25, 0.3) is 0 Å². The predicted octanol–water partition coefficient (Wildman–Crippen LogP) is 4.29. The lowest BCUT2D eigenvalue weighted by Crippen LogP contribution is -2.46. The second-order valence-corrected chi connectivity index (χ2v) is 9.27. The van der Waals surface area contributed by atoms with Crippen molar-refractivity contribution in [3.8, 4) is 5.75 Å². The minimum Gasteiger partial charge on any atom is -0.491 e. The van der Waals surface area contributed by atoms with Crippen molar-refractivity contribution in [3.63, 3.8) is 0 Å². The van der Waals surface area contributed by atoms with Crippen LogP contribution in [0.4, 0.5) is 10.1 Å². The van der Waals surface area contributed by atoms with E-state index in [-0.39, 0.29) is 29.5 Å². The number of rotatable bonds is 5. The first-order valence-electron chi connectivity index (χ1n) is 12.1. The van der Waals surface area contributed by atoms with Gasteiger partial charge in [0.1, 0.15) is 18.2 Å². The molecule has 35 heavy (non-hydrogen) atoms. The van der Waals surface area contributed by atoms with Gasteiger partial charge in [0.25, 0.3) is 11.8 Å². The smallest absolute Gasteiger partial charge is 0.257 e. The standard InChI is InChI=1S/C27H36FN3O4/c1-6-12-31-15-18(2)25(34-5)16-30(4)27(33)23-14-22(10-11-24(23)35-17-19(31)3)29-26(32)20-8-7-9-21(28)13-20/h7-11,13-14,18-19,25H,6,12,15-17H2,1-5H3,(H,29,32)/t18-,19+,25-/m1/s1. The molecule has 1 aliphatic heterocycles. The van der Waals surface area contributed by atoms with Gasteiger partial charge in [-0.25, -0.2) is 4.39 Å². The van der Waals surface area contributed by atoms with Crippen LogP contribution in [0.3, 0.4) is 0 Å². The Balaban J connectivity index is 1.92. The lowest BCUT2D eigenvalue weighted by molar-refractivity contribution is 0.0108. The molecule has 0 saturated carbocycles. The van der Waals surface area contributed by atoms with Gasteiger partial charge < -0.3 is 19.7 Å². The molecule has 0 radical (unpaired) electrons. The van der Waals surface area contributed by atoms with E-state index in [1.807, 2.05) is 0 Å². The highest BCUT2D eigenvalue weighted by Crippen LogP contribution is 2.27. The van der Waals surface area contributed by atoms with E-state index in [9.17, 15) is 14.0 Å². The number of benzene rings is 2. The molecule has 7 nitrogen and oxygen atoms in total. The van der Waals surface area contributed by atoms with Crippen LogP contribution in [0.5, 0.6) is 5.75 Å². The highest BCUT2D eigenvalue weighted by atomic mass is 19.1. The fourth-order valence-corrected chi connectivity index (χ4v) is 4.36. The van der Waals surface area contributed by atoms with Gasteiger partial charge in [0.05, 0.1) is 11.7 Å². The summed E-state index contributed by atoms with van der Waals surface area (Å²) in [5.41, 5.74) is 0.967. The predicted molar refractivity (Wildman–Crippen MR) is 135 cm³/mol. The number of likely N-dealkylation sites (N-methyl/N-ethyl adjacent to an activating group) is 1. The first kappa shape index (κ1) is 26.6. The summed E-state index contributed by atoms with van der Waals surface area (Å²) in [7, 11) is 3.41. The van der Waals surface area contributed by atoms with Gasteiger partial charge in [0.2, 0.25) is 0 Å². The van der Waals surface area contributed by atoms with Gasteiger partial charge in [-0.05, 0) is 62.2 Å². The normalized spacial score (nSPS) is 21.9. The molecule has 8 heteroatoms. The fraction of sp³-hybridized carbons (Fsp3) is 0.481. The van der Waals surface area contributed by atoms with Gasteiger partial charge in [0.15, 0.2) is 0 Å². The number of carbonyl (C=O) groups excluding carboxylic acids is 2. The number of amides is 2. The summed E-state index contributed by atoms with van der Waals surface area (Å²) in [5, 5.41) is 2.75. The Bertz CT molecular complexity index is 1030. The first-order valence-corrected chi connectivity index (χ1v) is 12.1. The summed E-state index contributed by atoms with van der Waals surface area (Å²) >= 11 is 0. The molecule has 0 saturated heterocycles. The molecule has 0 bridgehead atoms. The minimum absolute atomic E-state index is 0.129. The molecule has 0 aromatic heterocycles. The van der Waals surface area contributed by atoms with Crippen LogP contribution < -0.4 is 10.1 Å².